The molecule has 2 N–H and O–H groups in total. The molecular formula is C16H15BrN3OS-. The predicted molar refractivity (Wildman–Crippen MR) is 87.0 cm³/mol. The highest BCUT2D eigenvalue weighted by Crippen LogP contribution is 2.17. The van der Waals surface area contributed by atoms with E-state index in [0.717, 1.165) is 16.8 Å². The van der Waals surface area contributed by atoms with Gasteiger partial charge in [0.05, 0.1) is 10.9 Å². The average Bonchev–Trinajstić information content (AvgIpc) is 2.53. The van der Waals surface area contributed by atoms with Crippen LogP contribution in [0, 0.1) is 0 Å². The Morgan fingerprint density at radius 1 is 1.05 bits per heavy atom. The van der Waals surface area contributed by atoms with E-state index in [2.05, 4.69) is 17.1 Å². The maximum absolute atomic E-state index is 12.2. The topological polar surface area (TPSA) is 60.9 Å². The van der Waals surface area contributed by atoms with Crippen LogP contribution in [0.25, 0.3) is 10.9 Å². The summed E-state index contributed by atoms with van der Waals surface area (Å²) >= 11 is 1.50. The van der Waals surface area contributed by atoms with Gasteiger partial charge in [-0.1, -0.05) is 54.2 Å². The van der Waals surface area contributed by atoms with Gasteiger partial charge in [-0.15, -0.1) is 0 Å². The van der Waals surface area contributed by atoms with Crippen LogP contribution in [0.2, 0.25) is 0 Å². The highest BCUT2D eigenvalue weighted by atomic mass is 79.9. The lowest BCUT2D eigenvalue weighted by Gasteiger charge is -2.08. The van der Waals surface area contributed by atoms with Crippen molar-refractivity contribution in [2.75, 3.05) is 11.6 Å². The Balaban J connectivity index is 0.00000176. The fourth-order valence-electron chi connectivity index (χ4n) is 2.13. The minimum atomic E-state index is -0.206. The van der Waals surface area contributed by atoms with Crippen molar-refractivity contribution < 1.29 is 17.0 Å². The van der Waals surface area contributed by atoms with Crippen LogP contribution >= 0.6 is 11.8 Å². The van der Waals surface area contributed by atoms with E-state index in [1.54, 1.807) is 6.07 Å². The summed E-state index contributed by atoms with van der Waals surface area (Å²) in [5, 5.41) is 1.10. The Labute approximate surface area is 143 Å². The van der Waals surface area contributed by atoms with Crippen LogP contribution in [-0.4, -0.2) is 15.4 Å². The third-order valence-corrected chi connectivity index (χ3v) is 4.19. The van der Waals surface area contributed by atoms with Gasteiger partial charge in [0.15, 0.2) is 5.16 Å². The van der Waals surface area contributed by atoms with Gasteiger partial charge in [-0.05, 0) is 24.1 Å². The molecule has 0 saturated carbocycles. The molecule has 3 rings (SSSR count). The second-order valence-electron chi connectivity index (χ2n) is 4.67. The molecule has 0 bridgehead atoms. The van der Waals surface area contributed by atoms with Gasteiger partial charge in [0.1, 0.15) is 0 Å². The molecule has 0 atom stereocenters. The molecule has 1 aromatic heterocycles. The SMILES string of the molecule is Nn1c(SCCc2ccccc2)nc2ccccc2c1=O.[Br-]. The molecule has 0 aliphatic carbocycles. The molecule has 114 valence electrons. The van der Waals surface area contributed by atoms with Crippen molar-refractivity contribution in [1.29, 1.82) is 0 Å². The van der Waals surface area contributed by atoms with Gasteiger partial charge in [-0.25, -0.2) is 9.66 Å². The number of para-hydroxylation sites is 1. The molecule has 0 amide bonds. The van der Waals surface area contributed by atoms with Gasteiger partial charge in [-0.3, -0.25) is 4.79 Å². The molecule has 3 aromatic rings. The molecule has 0 aliphatic rings. The molecule has 0 aliphatic heterocycles. The van der Waals surface area contributed by atoms with Crippen molar-refractivity contribution in [2.24, 2.45) is 0 Å². The molecule has 0 saturated heterocycles. The summed E-state index contributed by atoms with van der Waals surface area (Å²) < 4.78 is 1.14. The summed E-state index contributed by atoms with van der Waals surface area (Å²) in [4.78, 5) is 16.6. The van der Waals surface area contributed by atoms with Crippen molar-refractivity contribution in [3.05, 3.63) is 70.5 Å². The molecular weight excluding hydrogens is 362 g/mol. The van der Waals surface area contributed by atoms with Crippen LogP contribution in [0.15, 0.2) is 64.5 Å². The quantitative estimate of drug-likeness (QED) is 0.377. The first kappa shape index (κ1) is 16.6. The third kappa shape index (κ3) is 3.51. The Hall–Kier alpha value is -1.79. The number of hydrogen-bond acceptors (Lipinski definition) is 4. The van der Waals surface area contributed by atoms with E-state index in [4.69, 9.17) is 5.84 Å². The van der Waals surface area contributed by atoms with E-state index >= 15 is 0 Å². The van der Waals surface area contributed by atoms with Crippen LogP contribution in [0.3, 0.4) is 0 Å². The van der Waals surface area contributed by atoms with E-state index < -0.39 is 0 Å². The van der Waals surface area contributed by atoms with Gasteiger partial charge < -0.3 is 22.8 Å². The van der Waals surface area contributed by atoms with Gasteiger partial charge in [0.25, 0.3) is 5.56 Å². The molecule has 4 nitrogen and oxygen atoms in total. The number of nitrogens with two attached hydrogens (primary N) is 1. The van der Waals surface area contributed by atoms with Crippen molar-refractivity contribution in [3.63, 3.8) is 0 Å². The second kappa shape index (κ2) is 7.47. The van der Waals surface area contributed by atoms with E-state index in [1.165, 1.54) is 17.3 Å². The standard InChI is InChI=1S/C16H15N3OS.BrH/c17-19-15(20)13-8-4-5-9-14(13)18-16(19)21-11-10-12-6-2-1-3-7-12;/h1-9H,10-11,17H2;1H/p-1. The summed E-state index contributed by atoms with van der Waals surface area (Å²) in [7, 11) is 0. The molecule has 2 aromatic carbocycles. The maximum Gasteiger partial charge on any atom is 0.280 e. The zero-order valence-electron chi connectivity index (χ0n) is 11.8. The lowest BCUT2D eigenvalue weighted by molar-refractivity contribution is -0.00000424. The first-order valence-electron chi connectivity index (χ1n) is 6.69. The van der Waals surface area contributed by atoms with E-state index in [-0.39, 0.29) is 22.5 Å². The van der Waals surface area contributed by atoms with Crippen molar-refractivity contribution in [3.8, 4) is 0 Å². The number of aromatic nitrogens is 2. The summed E-state index contributed by atoms with van der Waals surface area (Å²) in [6.07, 6.45) is 0.911. The summed E-state index contributed by atoms with van der Waals surface area (Å²) in [5.74, 6) is 6.67. The largest absolute Gasteiger partial charge is 1.00 e. The molecule has 0 fully saturated rings. The van der Waals surface area contributed by atoms with Gasteiger partial charge in [0, 0.05) is 5.75 Å². The number of fused-ring (bicyclic) bond motifs is 1. The normalized spacial score (nSPS) is 10.4. The highest BCUT2D eigenvalue weighted by Gasteiger charge is 2.08. The van der Waals surface area contributed by atoms with Crippen LogP contribution in [0.5, 0.6) is 0 Å². The summed E-state index contributed by atoms with van der Waals surface area (Å²) in [6.45, 7) is 0. The van der Waals surface area contributed by atoms with Crippen LogP contribution in [0.1, 0.15) is 5.56 Å². The number of nitrogen functional groups attached to an aromatic ring is 1. The molecule has 0 spiro atoms. The van der Waals surface area contributed by atoms with E-state index in [1.807, 2.05) is 36.4 Å². The number of thioether (sulfide) groups is 1. The summed E-state index contributed by atoms with van der Waals surface area (Å²) in [6, 6.07) is 17.5. The van der Waals surface area contributed by atoms with Crippen LogP contribution < -0.4 is 28.4 Å². The fraction of sp³-hybridized carbons (Fsp3) is 0.125. The van der Waals surface area contributed by atoms with Crippen LogP contribution in [-0.2, 0) is 6.42 Å². The molecule has 0 unspecified atom stereocenters. The molecule has 0 radical (unpaired) electrons. The smallest absolute Gasteiger partial charge is 0.280 e. The predicted octanol–water partition coefficient (Wildman–Crippen LogP) is -0.551. The third-order valence-electron chi connectivity index (χ3n) is 3.24. The van der Waals surface area contributed by atoms with Crippen molar-refractivity contribution in [1.82, 2.24) is 9.66 Å². The minimum absolute atomic E-state index is 0. The Kier molecular flexibility index (Phi) is 5.63. The maximum atomic E-state index is 12.2. The monoisotopic (exact) mass is 376 g/mol. The number of rotatable bonds is 4. The van der Waals surface area contributed by atoms with Crippen molar-refractivity contribution in [2.45, 2.75) is 11.6 Å². The average molecular weight is 377 g/mol. The summed E-state index contributed by atoms with van der Waals surface area (Å²) in [5.41, 5.74) is 1.74. The highest BCUT2D eigenvalue weighted by molar-refractivity contribution is 7.99. The lowest BCUT2D eigenvalue weighted by Crippen LogP contribution is -3.00. The molecule has 22 heavy (non-hydrogen) atoms. The van der Waals surface area contributed by atoms with E-state index in [9.17, 15) is 4.79 Å². The van der Waals surface area contributed by atoms with Gasteiger partial charge in [0.2, 0.25) is 0 Å². The van der Waals surface area contributed by atoms with E-state index in [0.29, 0.717) is 16.1 Å². The number of aryl methyl sites for hydroxylation is 1. The molecule has 6 heteroatoms. The number of nitrogens with zero attached hydrogens (tertiary/aromatic N) is 2. The Morgan fingerprint density at radius 3 is 2.50 bits per heavy atom. The minimum Gasteiger partial charge on any atom is -1.00 e. The Bertz CT molecular complexity index is 820. The number of hydrogen-bond donors (Lipinski definition) is 1. The number of halogens is 1. The number of benzene rings is 2. The van der Waals surface area contributed by atoms with Gasteiger partial charge in [-0.2, -0.15) is 0 Å². The Morgan fingerprint density at radius 2 is 1.73 bits per heavy atom. The lowest BCUT2D eigenvalue weighted by atomic mass is 10.2. The van der Waals surface area contributed by atoms with Crippen LogP contribution in [0.4, 0.5) is 0 Å². The van der Waals surface area contributed by atoms with Gasteiger partial charge >= 0.3 is 0 Å². The second-order valence-corrected chi connectivity index (χ2v) is 5.73. The zero-order valence-corrected chi connectivity index (χ0v) is 14.2. The molecule has 1 heterocycles. The first-order chi connectivity index (χ1) is 10.3. The van der Waals surface area contributed by atoms with Crippen molar-refractivity contribution >= 4 is 22.7 Å². The zero-order chi connectivity index (χ0) is 14.7. The first-order valence-corrected chi connectivity index (χ1v) is 7.68. The fourth-order valence-corrected chi connectivity index (χ4v) is 3.04.